The number of amides is 3. The first-order valence-electron chi connectivity index (χ1n) is 8.34. The van der Waals surface area contributed by atoms with E-state index in [1.54, 1.807) is 16.7 Å². The number of urea groups is 1. The largest absolute Gasteiger partial charge is 0.455 e. The molecule has 1 fully saturated rings. The van der Waals surface area contributed by atoms with Crippen molar-refractivity contribution in [3.05, 3.63) is 28.6 Å². The Balaban J connectivity index is 1.38. The number of thiazole rings is 1. The molecule has 1 saturated carbocycles. The van der Waals surface area contributed by atoms with Crippen LogP contribution in [0.2, 0.25) is 0 Å². The number of imide groups is 1. The number of hydrogen-bond acceptors (Lipinski definition) is 7. The monoisotopic (exact) mass is 393 g/mol. The van der Waals surface area contributed by atoms with Gasteiger partial charge in [0, 0.05) is 11.4 Å². The number of thiophene rings is 1. The summed E-state index contributed by atoms with van der Waals surface area (Å²) in [4.78, 5) is 40.6. The molecule has 0 bridgehead atoms. The molecule has 3 rings (SSSR count). The Morgan fingerprint density at radius 3 is 2.77 bits per heavy atom. The molecule has 0 radical (unpaired) electrons. The van der Waals surface area contributed by atoms with Crippen LogP contribution in [-0.2, 0) is 20.7 Å². The molecule has 2 aromatic rings. The first kappa shape index (κ1) is 18.5. The van der Waals surface area contributed by atoms with Crippen LogP contribution in [0.15, 0.2) is 22.9 Å². The van der Waals surface area contributed by atoms with Gasteiger partial charge in [-0.3, -0.25) is 14.9 Å². The summed E-state index contributed by atoms with van der Waals surface area (Å²) in [6.07, 6.45) is 4.02. The van der Waals surface area contributed by atoms with Gasteiger partial charge in [0.2, 0.25) is 0 Å². The third-order valence-electron chi connectivity index (χ3n) is 3.92. The summed E-state index contributed by atoms with van der Waals surface area (Å²) < 4.78 is 4.91. The van der Waals surface area contributed by atoms with Crippen LogP contribution in [0.4, 0.5) is 4.79 Å². The van der Waals surface area contributed by atoms with Crippen molar-refractivity contribution in [2.45, 2.75) is 38.1 Å². The fraction of sp³-hybridized carbons (Fsp3) is 0.412. The molecular formula is C17H19N3O4S2. The first-order chi connectivity index (χ1) is 12.6. The molecule has 0 unspecified atom stereocenters. The minimum absolute atomic E-state index is 0.0105. The van der Waals surface area contributed by atoms with Gasteiger partial charge in [0.25, 0.3) is 5.91 Å². The van der Waals surface area contributed by atoms with Crippen LogP contribution >= 0.6 is 22.7 Å². The number of hydrogen-bond donors (Lipinski definition) is 2. The number of ether oxygens (including phenoxy) is 1. The number of carbonyl (C=O) groups is 3. The van der Waals surface area contributed by atoms with Crippen LogP contribution in [-0.4, -0.2) is 35.5 Å². The van der Waals surface area contributed by atoms with E-state index in [9.17, 15) is 14.4 Å². The summed E-state index contributed by atoms with van der Waals surface area (Å²) in [5, 5.41) is 9.52. The van der Waals surface area contributed by atoms with Crippen molar-refractivity contribution in [2.75, 3.05) is 6.61 Å². The number of nitrogens with zero attached hydrogens (tertiary/aromatic N) is 1. The maximum atomic E-state index is 11.8. The van der Waals surface area contributed by atoms with Gasteiger partial charge in [0.05, 0.1) is 17.0 Å². The van der Waals surface area contributed by atoms with Gasteiger partial charge in [0.15, 0.2) is 6.61 Å². The topological polar surface area (TPSA) is 97.4 Å². The summed E-state index contributed by atoms with van der Waals surface area (Å²) in [5.74, 6) is -1.20. The summed E-state index contributed by atoms with van der Waals surface area (Å²) >= 11 is 3.04. The molecule has 3 amide bonds. The summed E-state index contributed by atoms with van der Waals surface area (Å²) in [5.41, 5.74) is 0.600. The smallest absolute Gasteiger partial charge is 0.321 e. The van der Waals surface area contributed by atoms with E-state index in [1.807, 2.05) is 17.5 Å². The molecule has 7 nitrogen and oxygen atoms in total. The van der Waals surface area contributed by atoms with Crippen molar-refractivity contribution < 1.29 is 19.1 Å². The van der Waals surface area contributed by atoms with Crippen molar-refractivity contribution in [1.29, 1.82) is 0 Å². The van der Waals surface area contributed by atoms with Crippen LogP contribution in [0.1, 0.15) is 31.4 Å². The van der Waals surface area contributed by atoms with Crippen LogP contribution in [0.3, 0.4) is 0 Å². The molecule has 138 valence electrons. The van der Waals surface area contributed by atoms with E-state index in [0.29, 0.717) is 5.69 Å². The maximum absolute atomic E-state index is 11.8. The highest BCUT2D eigenvalue weighted by molar-refractivity contribution is 7.20. The van der Waals surface area contributed by atoms with Gasteiger partial charge in [-0.1, -0.05) is 18.9 Å². The minimum Gasteiger partial charge on any atom is -0.455 e. The van der Waals surface area contributed by atoms with Gasteiger partial charge < -0.3 is 10.1 Å². The lowest BCUT2D eigenvalue weighted by molar-refractivity contribution is -0.147. The maximum Gasteiger partial charge on any atom is 0.321 e. The molecule has 2 aromatic heterocycles. The Bertz CT molecular complexity index is 767. The van der Waals surface area contributed by atoms with Crippen molar-refractivity contribution in [1.82, 2.24) is 15.6 Å². The lowest BCUT2D eigenvalue weighted by atomic mass is 10.2. The number of carbonyl (C=O) groups excluding carboxylic acids is 3. The fourth-order valence-corrected chi connectivity index (χ4v) is 4.33. The van der Waals surface area contributed by atoms with Crippen molar-refractivity contribution >= 4 is 40.6 Å². The van der Waals surface area contributed by atoms with Crippen LogP contribution in [0.5, 0.6) is 0 Å². The highest BCUT2D eigenvalue weighted by Gasteiger charge is 2.19. The van der Waals surface area contributed by atoms with Crippen molar-refractivity contribution in [3.63, 3.8) is 0 Å². The molecule has 9 heteroatoms. The first-order valence-corrected chi connectivity index (χ1v) is 10.1. The lowest BCUT2D eigenvalue weighted by Gasteiger charge is -2.12. The zero-order chi connectivity index (χ0) is 18.4. The second-order valence-corrected chi connectivity index (χ2v) is 7.77. The highest BCUT2D eigenvalue weighted by atomic mass is 32.1. The van der Waals surface area contributed by atoms with E-state index in [4.69, 9.17) is 4.74 Å². The summed E-state index contributed by atoms with van der Waals surface area (Å²) in [6.45, 7) is -0.487. The Morgan fingerprint density at radius 2 is 2.04 bits per heavy atom. The second kappa shape index (κ2) is 8.91. The Hall–Kier alpha value is -2.26. The molecule has 1 aliphatic rings. The number of esters is 1. The van der Waals surface area contributed by atoms with Gasteiger partial charge in [-0.15, -0.1) is 22.7 Å². The molecule has 0 saturated heterocycles. The van der Waals surface area contributed by atoms with E-state index >= 15 is 0 Å². The van der Waals surface area contributed by atoms with Crippen LogP contribution < -0.4 is 10.6 Å². The average Bonchev–Trinajstić information content (AvgIpc) is 3.34. The van der Waals surface area contributed by atoms with Crippen LogP contribution in [0, 0.1) is 0 Å². The molecule has 0 spiro atoms. The quantitative estimate of drug-likeness (QED) is 0.736. The molecule has 0 aliphatic heterocycles. The van der Waals surface area contributed by atoms with Gasteiger partial charge in [0.1, 0.15) is 5.01 Å². The lowest BCUT2D eigenvalue weighted by Crippen LogP contribution is -2.45. The third kappa shape index (κ3) is 5.37. The Labute approximate surface area is 158 Å². The van der Waals surface area contributed by atoms with E-state index in [1.165, 1.54) is 11.3 Å². The molecule has 0 atom stereocenters. The van der Waals surface area contributed by atoms with Crippen molar-refractivity contribution in [3.8, 4) is 9.88 Å². The minimum atomic E-state index is -0.647. The second-order valence-electron chi connectivity index (χ2n) is 5.96. The highest BCUT2D eigenvalue weighted by Crippen LogP contribution is 2.27. The standard InChI is InChI=1S/C17H19N3O4S2/c21-14(20-17(23)19-11-4-1-2-5-11)9-24-15(22)8-12-10-26-16(18-12)13-6-3-7-25-13/h3,6-7,10-11H,1-2,4-5,8-9H2,(H2,19,20,21,23). The van der Waals surface area contributed by atoms with Gasteiger partial charge in [-0.05, 0) is 24.3 Å². The molecule has 2 N–H and O–H groups in total. The van der Waals surface area contributed by atoms with Gasteiger partial charge in [-0.2, -0.15) is 0 Å². The third-order valence-corrected chi connectivity index (χ3v) is 5.85. The Morgan fingerprint density at radius 1 is 1.23 bits per heavy atom. The van der Waals surface area contributed by atoms with Crippen LogP contribution in [0.25, 0.3) is 9.88 Å². The Kier molecular flexibility index (Phi) is 6.35. The predicted octanol–water partition coefficient (Wildman–Crippen LogP) is 2.73. The van der Waals surface area contributed by atoms with E-state index in [2.05, 4.69) is 15.6 Å². The number of aromatic nitrogens is 1. The normalized spacial score (nSPS) is 14.2. The number of nitrogens with one attached hydrogen (secondary N) is 2. The summed E-state index contributed by atoms with van der Waals surface area (Å²) in [6, 6.07) is 3.48. The average molecular weight is 393 g/mol. The van der Waals surface area contributed by atoms with E-state index < -0.39 is 24.5 Å². The zero-order valence-corrected chi connectivity index (χ0v) is 15.7. The van der Waals surface area contributed by atoms with Gasteiger partial charge in [-0.25, -0.2) is 9.78 Å². The van der Waals surface area contributed by atoms with E-state index in [-0.39, 0.29) is 12.5 Å². The van der Waals surface area contributed by atoms with E-state index in [0.717, 1.165) is 35.6 Å². The van der Waals surface area contributed by atoms with Crippen molar-refractivity contribution in [2.24, 2.45) is 0 Å². The molecule has 1 aliphatic carbocycles. The van der Waals surface area contributed by atoms with Gasteiger partial charge >= 0.3 is 12.0 Å². The fourth-order valence-electron chi connectivity index (χ4n) is 2.70. The molecular weight excluding hydrogens is 374 g/mol. The zero-order valence-electron chi connectivity index (χ0n) is 14.0. The molecule has 2 heterocycles. The molecule has 0 aromatic carbocycles. The SMILES string of the molecule is O=C(COC(=O)Cc1csc(-c2cccs2)n1)NC(=O)NC1CCCC1. The number of rotatable bonds is 6. The summed E-state index contributed by atoms with van der Waals surface area (Å²) in [7, 11) is 0. The predicted molar refractivity (Wildman–Crippen MR) is 99.0 cm³/mol. The molecule has 26 heavy (non-hydrogen) atoms.